The molecule has 0 atom stereocenters. The van der Waals surface area contributed by atoms with E-state index < -0.39 is 0 Å². The van der Waals surface area contributed by atoms with E-state index in [2.05, 4.69) is 0 Å². The van der Waals surface area contributed by atoms with Gasteiger partial charge in [0, 0.05) is 0 Å². The lowest BCUT2D eigenvalue weighted by molar-refractivity contribution is 0.476. The van der Waals surface area contributed by atoms with Gasteiger partial charge in [0.1, 0.15) is 11.5 Å². The highest BCUT2D eigenvalue weighted by Gasteiger charge is 2.07. The Morgan fingerprint density at radius 3 is 2.67 bits per heavy atom. The molecule has 0 aliphatic heterocycles. The molecule has 0 unspecified atom stereocenters. The van der Waals surface area contributed by atoms with Gasteiger partial charge in [0.15, 0.2) is 0 Å². The highest BCUT2D eigenvalue weighted by molar-refractivity contribution is 6.32. The standard InChI is InChI=1S/C15H16ClNO/c1-11-6-7-13(16)15(10-11)18-14-5-3-2-4-12(14)8-9-17/h2-7,10H,8-9,17H2,1H3. The Morgan fingerprint density at radius 2 is 1.89 bits per heavy atom. The van der Waals surface area contributed by atoms with Crippen LogP contribution in [0.5, 0.6) is 11.5 Å². The van der Waals surface area contributed by atoms with Crippen molar-refractivity contribution in [1.82, 2.24) is 0 Å². The molecule has 0 radical (unpaired) electrons. The molecule has 2 aromatic carbocycles. The number of rotatable bonds is 4. The molecule has 94 valence electrons. The average molecular weight is 262 g/mol. The predicted octanol–water partition coefficient (Wildman–Crippen LogP) is 3.94. The van der Waals surface area contributed by atoms with Gasteiger partial charge >= 0.3 is 0 Å². The lowest BCUT2D eigenvalue weighted by Gasteiger charge is -2.12. The summed E-state index contributed by atoms with van der Waals surface area (Å²) in [6.45, 7) is 2.61. The molecule has 2 N–H and O–H groups in total. The zero-order valence-corrected chi connectivity index (χ0v) is 11.1. The largest absolute Gasteiger partial charge is 0.456 e. The van der Waals surface area contributed by atoms with Crippen LogP contribution in [0.3, 0.4) is 0 Å². The van der Waals surface area contributed by atoms with E-state index in [4.69, 9.17) is 22.1 Å². The minimum Gasteiger partial charge on any atom is -0.456 e. The van der Waals surface area contributed by atoms with Gasteiger partial charge in [-0.2, -0.15) is 0 Å². The van der Waals surface area contributed by atoms with Gasteiger partial charge in [-0.25, -0.2) is 0 Å². The molecule has 0 spiro atoms. The fourth-order valence-corrected chi connectivity index (χ4v) is 1.93. The quantitative estimate of drug-likeness (QED) is 0.905. The molecule has 0 saturated heterocycles. The Labute approximate surface area is 112 Å². The third-order valence-electron chi connectivity index (χ3n) is 2.69. The highest BCUT2D eigenvalue weighted by atomic mass is 35.5. The summed E-state index contributed by atoms with van der Waals surface area (Å²) in [7, 11) is 0. The van der Waals surface area contributed by atoms with Gasteiger partial charge in [-0.05, 0) is 49.2 Å². The second kappa shape index (κ2) is 5.89. The van der Waals surface area contributed by atoms with E-state index in [1.807, 2.05) is 49.4 Å². The number of para-hydroxylation sites is 1. The van der Waals surface area contributed by atoms with Crippen molar-refractivity contribution in [2.24, 2.45) is 5.73 Å². The van der Waals surface area contributed by atoms with Crippen LogP contribution in [0.1, 0.15) is 11.1 Å². The minimum absolute atomic E-state index is 0.599. The first kappa shape index (κ1) is 12.9. The van der Waals surface area contributed by atoms with Crippen LogP contribution in [-0.4, -0.2) is 6.54 Å². The van der Waals surface area contributed by atoms with E-state index in [1.165, 1.54) is 0 Å². The molecule has 0 fully saturated rings. The van der Waals surface area contributed by atoms with Crippen LogP contribution in [0.2, 0.25) is 5.02 Å². The number of nitrogens with two attached hydrogens (primary N) is 1. The molecular weight excluding hydrogens is 246 g/mol. The maximum absolute atomic E-state index is 6.13. The number of halogens is 1. The summed E-state index contributed by atoms with van der Waals surface area (Å²) < 4.78 is 5.89. The minimum atomic E-state index is 0.599. The second-order valence-corrected chi connectivity index (χ2v) is 4.59. The van der Waals surface area contributed by atoms with E-state index in [9.17, 15) is 0 Å². The zero-order chi connectivity index (χ0) is 13.0. The van der Waals surface area contributed by atoms with Crippen molar-refractivity contribution in [1.29, 1.82) is 0 Å². The summed E-state index contributed by atoms with van der Waals surface area (Å²) in [4.78, 5) is 0. The summed E-state index contributed by atoms with van der Waals surface area (Å²) in [5.41, 5.74) is 7.81. The Morgan fingerprint density at radius 1 is 1.11 bits per heavy atom. The molecule has 2 aromatic rings. The molecular formula is C15H16ClNO. The van der Waals surface area contributed by atoms with E-state index in [1.54, 1.807) is 0 Å². The molecule has 0 amide bonds. The van der Waals surface area contributed by atoms with E-state index in [0.29, 0.717) is 17.3 Å². The SMILES string of the molecule is Cc1ccc(Cl)c(Oc2ccccc2CCN)c1. The highest BCUT2D eigenvalue weighted by Crippen LogP contribution is 2.31. The number of hydrogen-bond donors (Lipinski definition) is 1. The number of hydrogen-bond acceptors (Lipinski definition) is 2. The van der Waals surface area contributed by atoms with Crippen LogP contribution >= 0.6 is 11.6 Å². The second-order valence-electron chi connectivity index (χ2n) is 4.18. The van der Waals surface area contributed by atoms with Crippen LogP contribution in [0, 0.1) is 6.92 Å². The van der Waals surface area contributed by atoms with E-state index >= 15 is 0 Å². The molecule has 18 heavy (non-hydrogen) atoms. The Balaban J connectivity index is 2.30. The van der Waals surface area contributed by atoms with Crippen LogP contribution in [0.4, 0.5) is 0 Å². The van der Waals surface area contributed by atoms with Crippen molar-refractivity contribution in [2.75, 3.05) is 6.54 Å². The lowest BCUT2D eigenvalue weighted by atomic mass is 10.1. The summed E-state index contributed by atoms with van der Waals surface area (Å²) in [6, 6.07) is 13.6. The van der Waals surface area contributed by atoms with Crippen molar-refractivity contribution in [2.45, 2.75) is 13.3 Å². The van der Waals surface area contributed by atoms with Gasteiger partial charge < -0.3 is 10.5 Å². The topological polar surface area (TPSA) is 35.2 Å². The monoisotopic (exact) mass is 261 g/mol. The van der Waals surface area contributed by atoms with Crippen LogP contribution in [-0.2, 0) is 6.42 Å². The van der Waals surface area contributed by atoms with Crippen LogP contribution in [0.25, 0.3) is 0 Å². The molecule has 2 rings (SSSR count). The van der Waals surface area contributed by atoms with Crippen LogP contribution in [0.15, 0.2) is 42.5 Å². The van der Waals surface area contributed by atoms with Crippen molar-refractivity contribution < 1.29 is 4.74 Å². The first-order valence-corrected chi connectivity index (χ1v) is 6.30. The molecule has 3 heteroatoms. The Hall–Kier alpha value is -1.51. The van der Waals surface area contributed by atoms with E-state index in [-0.39, 0.29) is 0 Å². The number of aryl methyl sites for hydroxylation is 1. The molecule has 0 aliphatic rings. The molecule has 0 aliphatic carbocycles. The van der Waals surface area contributed by atoms with Crippen LogP contribution < -0.4 is 10.5 Å². The number of benzene rings is 2. The molecule has 0 bridgehead atoms. The maximum Gasteiger partial charge on any atom is 0.146 e. The van der Waals surface area contributed by atoms with Crippen molar-refractivity contribution in [3.8, 4) is 11.5 Å². The third-order valence-corrected chi connectivity index (χ3v) is 3.01. The van der Waals surface area contributed by atoms with Gasteiger partial charge in [0.2, 0.25) is 0 Å². The van der Waals surface area contributed by atoms with Gasteiger partial charge in [-0.3, -0.25) is 0 Å². The van der Waals surface area contributed by atoms with Gasteiger partial charge in [0.25, 0.3) is 0 Å². The van der Waals surface area contributed by atoms with E-state index in [0.717, 1.165) is 23.3 Å². The molecule has 2 nitrogen and oxygen atoms in total. The normalized spacial score (nSPS) is 10.4. The summed E-state index contributed by atoms with van der Waals surface area (Å²) in [6.07, 6.45) is 0.791. The Kier molecular flexibility index (Phi) is 4.24. The smallest absolute Gasteiger partial charge is 0.146 e. The molecule has 0 saturated carbocycles. The fourth-order valence-electron chi connectivity index (χ4n) is 1.77. The summed E-state index contributed by atoms with van der Waals surface area (Å²) in [5, 5.41) is 0.614. The molecule has 0 aromatic heterocycles. The zero-order valence-electron chi connectivity index (χ0n) is 10.3. The summed E-state index contributed by atoms with van der Waals surface area (Å²) in [5.74, 6) is 1.50. The summed E-state index contributed by atoms with van der Waals surface area (Å²) >= 11 is 6.13. The maximum atomic E-state index is 6.13. The van der Waals surface area contributed by atoms with Gasteiger partial charge in [-0.15, -0.1) is 0 Å². The lowest BCUT2D eigenvalue weighted by Crippen LogP contribution is -2.04. The Bertz CT molecular complexity index is 540. The first-order valence-electron chi connectivity index (χ1n) is 5.92. The van der Waals surface area contributed by atoms with Gasteiger partial charge in [-0.1, -0.05) is 35.9 Å². The van der Waals surface area contributed by atoms with Gasteiger partial charge in [0.05, 0.1) is 5.02 Å². The first-order chi connectivity index (χ1) is 8.70. The van der Waals surface area contributed by atoms with Crippen molar-refractivity contribution >= 4 is 11.6 Å². The average Bonchev–Trinajstić information content (AvgIpc) is 2.36. The van der Waals surface area contributed by atoms with Crippen molar-refractivity contribution in [3.63, 3.8) is 0 Å². The third kappa shape index (κ3) is 3.03. The molecule has 0 heterocycles. The fraction of sp³-hybridized carbons (Fsp3) is 0.200. The number of ether oxygens (including phenoxy) is 1. The predicted molar refractivity (Wildman–Crippen MR) is 75.5 cm³/mol. The van der Waals surface area contributed by atoms with Crippen molar-refractivity contribution in [3.05, 3.63) is 58.6 Å².